The molecule has 2 heterocycles. The van der Waals surface area contributed by atoms with Crippen LogP contribution in [0.4, 0.5) is 0 Å². The lowest BCUT2D eigenvalue weighted by molar-refractivity contribution is 0.0888. The molecule has 1 aromatic rings. The van der Waals surface area contributed by atoms with Crippen LogP contribution in [-0.4, -0.2) is 52.0 Å². The molecule has 2 N–H and O–H groups in total. The predicted molar refractivity (Wildman–Crippen MR) is 106 cm³/mol. The molecule has 0 spiro atoms. The monoisotopic (exact) mass is 367 g/mol. The second-order valence-electron chi connectivity index (χ2n) is 7.14. The summed E-state index contributed by atoms with van der Waals surface area (Å²) in [6.07, 6.45) is 2.11. The van der Waals surface area contributed by atoms with Crippen molar-refractivity contribution in [1.82, 2.24) is 10.6 Å². The van der Waals surface area contributed by atoms with Crippen LogP contribution in [0.15, 0.2) is 22.5 Å². The first-order chi connectivity index (χ1) is 12.1. The summed E-state index contributed by atoms with van der Waals surface area (Å²) in [6, 6.07) is 4.29. The van der Waals surface area contributed by atoms with Crippen LogP contribution in [0.5, 0.6) is 0 Å². The zero-order valence-corrected chi connectivity index (χ0v) is 16.7. The van der Waals surface area contributed by atoms with Gasteiger partial charge in [0.05, 0.1) is 19.8 Å². The van der Waals surface area contributed by atoms with Gasteiger partial charge in [-0.2, -0.15) is 0 Å². The van der Waals surface area contributed by atoms with Crippen molar-refractivity contribution >= 4 is 17.3 Å². The Hall–Kier alpha value is -1.11. The fourth-order valence-corrected chi connectivity index (χ4v) is 3.55. The number of thiophene rings is 1. The van der Waals surface area contributed by atoms with Gasteiger partial charge in [0.2, 0.25) is 0 Å². The quantitative estimate of drug-likeness (QED) is 0.379. The highest BCUT2D eigenvalue weighted by molar-refractivity contribution is 7.10. The van der Waals surface area contributed by atoms with Gasteiger partial charge >= 0.3 is 0 Å². The molecule has 5 nitrogen and oxygen atoms in total. The van der Waals surface area contributed by atoms with Crippen LogP contribution < -0.4 is 10.6 Å². The van der Waals surface area contributed by atoms with Crippen LogP contribution >= 0.6 is 11.3 Å². The normalized spacial score (nSPS) is 18.5. The van der Waals surface area contributed by atoms with Gasteiger partial charge in [0.25, 0.3) is 0 Å². The van der Waals surface area contributed by atoms with Crippen molar-refractivity contribution in [3.05, 3.63) is 22.4 Å². The minimum atomic E-state index is 0.0585. The van der Waals surface area contributed by atoms with Crippen molar-refractivity contribution in [3.8, 4) is 0 Å². The van der Waals surface area contributed by atoms with E-state index in [0.717, 1.165) is 64.9 Å². The summed E-state index contributed by atoms with van der Waals surface area (Å²) in [4.78, 5) is 6.14. The largest absolute Gasteiger partial charge is 0.381 e. The van der Waals surface area contributed by atoms with Crippen LogP contribution in [0.25, 0.3) is 0 Å². The third-order valence-corrected chi connectivity index (χ3v) is 5.54. The number of aliphatic imine (C=N–C) groups is 1. The SMILES string of the molecule is CCNC(=NCC(C)(C)c1cccs1)NCCCOCC1CCOC1. The van der Waals surface area contributed by atoms with Crippen molar-refractivity contribution < 1.29 is 9.47 Å². The first kappa shape index (κ1) is 20.2. The molecule has 1 aliphatic rings. The molecule has 1 saturated heterocycles. The Labute approximate surface area is 156 Å². The van der Waals surface area contributed by atoms with E-state index in [-0.39, 0.29) is 5.41 Å². The van der Waals surface area contributed by atoms with E-state index in [1.165, 1.54) is 4.88 Å². The molecule has 0 radical (unpaired) electrons. The molecule has 0 bridgehead atoms. The van der Waals surface area contributed by atoms with Crippen LogP contribution in [0, 0.1) is 5.92 Å². The number of guanidine groups is 1. The fraction of sp³-hybridized carbons (Fsp3) is 0.737. The van der Waals surface area contributed by atoms with E-state index in [0.29, 0.717) is 5.92 Å². The zero-order valence-electron chi connectivity index (χ0n) is 15.8. The third-order valence-electron chi connectivity index (χ3n) is 4.30. The average Bonchev–Trinajstić information content (AvgIpc) is 3.29. The second-order valence-corrected chi connectivity index (χ2v) is 8.09. The van der Waals surface area contributed by atoms with Crippen molar-refractivity contribution in [3.63, 3.8) is 0 Å². The van der Waals surface area contributed by atoms with E-state index >= 15 is 0 Å². The average molecular weight is 368 g/mol. The summed E-state index contributed by atoms with van der Waals surface area (Å²) < 4.78 is 11.1. The minimum absolute atomic E-state index is 0.0585. The molecule has 1 aliphatic heterocycles. The maximum absolute atomic E-state index is 5.74. The maximum atomic E-state index is 5.74. The van der Waals surface area contributed by atoms with Gasteiger partial charge in [-0.05, 0) is 31.2 Å². The topological polar surface area (TPSA) is 54.9 Å². The molecule has 2 rings (SSSR count). The van der Waals surface area contributed by atoms with Crippen LogP contribution in [0.3, 0.4) is 0 Å². The van der Waals surface area contributed by atoms with Gasteiger partial charge < -0.3 is 20.1 Å². The van der Waals surface area contributed by atoms with E-state index in [1.807, 2.05) is 0 Å². The summed E-state index contributed by atoms with van der Waals surface area (Å²) in [5.74, 6) is 1.47. The smallest absolute Gasteiger partial charge is 0.191 e. The van der Waals surface area contributed by atoms with E-state index in [4.69, 9.17) is 14.5 Å². The molecule has 0 aromatic carbocycles. The number of hydrogen-bond acceptors (Lipinski definition) is 4. The van der Waals surface area contributed by atoms with Crippen molar-refractivity contribution in [2.24, 2.45) is 10.9 Å². The molecule has 1 atom stereocenters. The highest BCUT2D eigenvalue weighted by Crippen LogP contribution is 2.27. The molecule has 6 heteroatoms. The molecule has 1 fully saturated rings. The van der Waals surface area contributed by atoms with Crippen molar-refractivity contribution in [2.45, 2.75) is 39.0 Å². The number of nitrogens with one attached hydrogen (secondary N) is 2. The van der Waals surface area contributed by atoms with Gasteiger partial charge in [0.15, 0.2) is 5.96 Å². The maximum Gasteiger partial charge on any atom is 0.191 e. The van der Waals surface area contributed by atoms with Gasteiger partial charge in [-0.3, -0.25) is 4.99 Å². The lowest BCUT2D eigenvalue weighted by Crippen LogP contribution is -2.39. The Kier molecular flexibility index (Phi) is 8.72. The Morgan fingerprint density at radius 1 is 1.44 bits per heavy atom. The molecule has 25 heavy (non-hydrogen) atoms. The van der Waals surface area contributed by atoms with Gasteiger partial charge in [0, 0.05) is 42.5 Å². The van der Waals surface area contributed by atoms with Gasteiger partial charge in [-0.25, -0.2) is 0 Å². The second kappa shape index (κ2) is 10.8. The summed E-state index contributed by atoms with van der Waals surface area (Å²) in [7, 11) is 0. The Balaban J connectivity index is 1.66. The Morgan fingerprint density at radius 3 is 3.00 bits per heavy atom. The summed E-state index contributed by atoms with van der Waals surface area (Å²) in [5, 5.41) is 8.85. The minimum Gasteiger partial charge on any atom is -0.381 e. The number of ether oxygens (including phenoxy) is 2. The number of rotatable bonds is 10. The molecular formula is C19H33N3O2S. The van der Waals surface area contributed by atoms with E-state index in [1.54, 1.807) is 11.3 Å². The molecule has 0 aliphatic carbocycles. The van der Waals surface area contributed by atoms with Crippen LogP contribution in [0.1, 0.15) is 38.5 Å². The summed E-state index contributed by atoms with van der Waals surface area (Å²) in [5.41, 5.74) is 0.0585. The molecule has 1 aromatic heterocycles. The highest BCUT2D eigenvalue weighted by atomic mass is 32.1. The molecular weight excluding hydrogens is 334 g/mol. The van der Waals surface area contributed by atoms with E-state index in [9.17, 15) is 0 Å². The predicted octanol–water partition coefficient (Wildman–Crippen LogP) is 3.02. The van der Waals surface area contributed by atoms with E-state index < -0.39 is 0 Å². The number of nitrogens with zero attached hydrogens (tertiary/aromatic N) is 1. The van der Waals surface area contributed by atoms with E-state index in [2.05, 4.69) is 48.9 Å². The van der Waals surface area contributed by atoms with Gasteiger partial charge in [0.1, 0.15) is 0 Å². The standard InChI is InChI=1S/C19H33N3O2S/c1-4-20-18(22-15-19(2,3)17-7-5-12-25-17)21-9-6-10-23-13-16-8-11-24-14-16/h5,7,12,16H,4,6,8-11,13-15H2,1-3H3,(H2,20,21,22). The Morgan fingerprint density at radius 2 is 2.32 bits per heavy atom. The molecule has 1 unspecified atom stereocenters. The third kappa shape index (κ3) is 7.34. The lowest BCUT2D eigenvalue weighted by Gasteiger charge is -2.21. The first-order valence-electron chi connectivity index (χ1n) is 9.33. The summed E-state index contributed by atoms with van der Waals surface area (Å²) >= 11 is 1.80. The van der Waals surface area contributed by atoms with Crippen LogP contribution in [0.2, 0.25) is 0 Å². The van der Waals surface area contributed by atoms with Gasteiger partial charge in [-0.15, -0.1) is 11.3 Å². The highest BCUT2D eigenvalue weighted by Gasteiger charge is 2.21. The zero-order chi connectivity index (χ0) is 18.0. The van der Waals surface area contributed by atoms with Crippen molar-refractivity contribution in [2.75, 3.05) is 46.1 Å². The molecule has 0 saturated carbocycles. The molecule has 142 valence electrons. The number of hydrogen-bond donors (Lipinski definition) is 2. The van der Waals surface area contributed by atoms with Crippen LogP contribution in [-0.2, 0) is 14.9 Å². The lowest BCUT2D eigenvalue weighted by atomic mass is 9.92. The van der Waals surface area contributed by atoms with Crippen molar-refractivity contribution in [1.29, 1.82) is 0 Å². The fourth-order valence-electron chi connectivity index (χ4n) is 2.71. The van der Waals surface area contributed by atoms with Gasteiger partial charge in [-0.1, -0.05) is 19.9 Å². The first-order valence-corrected chi connectivity index (χ1v) is 10.2. The summed E-state index contributed by atoms with van der Waals surface area (Å²) in [6.45, 7) is 12.4. The molecule has 0 amide bonds. The Bertz CT molecular complexity index is 497.